The van der Waals surface area contributed by atoms with E-state index in [2.05, 4.69) is 34.1 Å². The van der Waals surface area contributed by atoms with E-state index in [9.17, 15) is 5.11 Å². The first-order valence-electron chi connectivity index (χ1n) is 7.26. The fourth-order valence-corrected chi connectivity index (χ4v) is 2.87. The highest BCUT2D eigenvalue weighted by atomic mass is 16.3. The molecule has 0 saturated heterocycles. The van der Waals surface area contributed by atoms with Crippen molar-refractivity contribution in [3.05, 3.63) is 53.7 Å². The summed E-state index contributed by atoms with van der Waals surface area (Å²) in [4.78, 5) is 6.78. The molecule has 20 heavy (non-hydrogen) atoms. The second kappa shape index (κ2) is 5.63. The van der Waals surface area contributed by atoms with Gasteiger partial charge < -0.3 is 10.0 Å². The lowest BCUT2D eigenvalue weighted by atomic mass is 10.1. The zero-order chi connectivity index (χ0) is 13.9. The van der Waals surface area contributed by atoms with Crippen LogP contribution in [0.15, 0.2) is 42.6 Å². The van der Waals surface area contributed by atoms with E-state index in [-0.39, 0.29) is 0 Å². The Labute approximate surface area is 119 Å². The molecule has 0 amide bonds. The average Bonchev–Trinajstić information content (AvgIpc) is 2.69. The van der Waals surface area contributed by atoms with Crippen LogP contribution in [0.4, 0.5) is 11.5 Å². The van der Waals surface area contributed by atoms with Gasteiger partial charge in [0.25, 0.3) is 0 Å². The molecule has 0 radical (unpaired) electrons. The largest absolute Gasteiger partial charge is 0.389 e. The van der Waals surface area contributed by atoms with Crippen LogP contribution in [0.25, 0.3) is 0 Å². The zero-order valence-electron chi connectivity index (χ0n) is 11.8. The summed E-state index contributed by atoms with van der Waals surface area (Å²) in [6.07, 6.45) is 4.75. The molecule has 0 unspecified atom stereocenters. The minimum atomic E-state index is -0.505. The Morgan fingerprint density at radius 2 is 2.00 bits per heavy atom. The van der Waals surface area contributed by atoms with Gasteiger partial charge in [0.05, 0.1) is 6.10 Å². The molecule has 1 N–H and O–H groups in total. The summed E-state index contributed by atoms with van der Waals surface area (Å²) in [7, 11) is 0. The second-order valence-electron chi connectivity index (χ2n) is 5.33. The van der Waals surface area contributed by atoms with Gasteiger partial charge in [0.1, 0.15) is 5.82 Å². The van der Waals surface area contributed by atoms with Gasteiger partial charge in [0.2, 0.25) is 0 Å². The average molecular weight is 268 g/mol. The summed E-state index contributed by atoms with van der Waals surface area (Å²) in [6.45, 7) is 2.75. The Bertz CT molecular complexity index is 595. The molecule has 0 saturated carbocycles. The third kappa shape index (κ3) is 2.41. The minimum absolute atomic E-state index is 0.505. The minimum Gasteiger partial charge on any atom is -0.389 e. The maximum Gasteiger partial charge on any atom is 0.138 e. The van der Waals surface area contributed by atoms with Crippen LogP contribution < -0.4 is 4.90 Å². The number of rotatable bonds is 2. The summed E-state index contributed by atoms with van der Waals surface area (Å²) < 4.78 is 0. The predicted octanol–water partition coefficient (Wildman–Crippen LogP) is 3.61. The molecule has 0 aliphatic carbocycles. The van der Waals surface area contributed by atoms with Gasteiger partial charge in [0.15, 0.2) is 0 Å². The van der Waals surface area contributed by atoms with Crippen LogP contribution in [0.2, 0.25) is 0 Å². The topological polar surface area (TPSA) is 36.4 Å². The van der Waals surface area contributed by atoms with E-state index in [1.807, 2.05) is 12.1 Å². The molecule has 3 rings (SSSR count). The van der Waals surface area contributed by atoms with Gasteiger partial charge in [-0.15, -0.1) is 0 Å². The zero-order valence-corrected chi connectivity index (χ0v) is 11.8. The SMILES string of the molecule is C[C@H](O)c1cccnc1N1CCCCc2ccccc21. The number of fused-ring (bicyclic) bond motifs is 1. The van der Waals surface area contributed by atoms with Crippen molar-refractivity contribution in [2.75, 3.05) is 11.4 Å². The number of aliphatic hydroxyl groups excluding tert-OH is 1. The smallest absolute Gasteiger partial charge is 0.138 e. The van der Waals surface area contributed by atoms with Gasteiger partial charge in [-0.25, -0.2) is 4.98 Å². The number of anilines is 2. The number of para-hydroxylation sites is 1. The maximum atomic E-state index is 9.99. The van der Waals surface area contributed by atoms with E-state index in [4.69, 9.17) is 0 Å². The van der Waals surface area contributed by atoms with Crippen LogP contribution in [0, 0.1) is 0 Å². The van der Waals surface area contributed by atoms with Gasteiger partial charge in [-0.3, -0.25) is 0 Å². The summed E-state index contributed by atoms with van der Waals surface area (Å²) in [6, 6.07) is 12.4. The quantitative estimate of drug-likeness (QED) is 0.904. The van der Waals surface area contributed by atoms with E-state index in [1.54, 1.807) is 13.1 Å². The fourth-order valence-electron chi connectivity index (χ4n) is 2.87. The lowest BCUT2D eigenvalue weighted by molar-refractivity contribution is 0.199. The van der Waals surface area contributed by atoms with Crippen LogP contribution in [0.3, 0.4) is 0 Å². The normalized spacial score (nSPS) is 16.4. The van der Waals surface area contributed by atoms with Crippen molar-refractivity contribution >= 4 is 11.5 Å². The van der Waals surface area contributed by atoms with Gasteiger partial charge in [0, 0.05) is 24.0 Å². The van der Waals surface area contributed by atoms with Crippen LogP contribution in [0.1, 0.15) is 37.0 Å². The van der Waals surface area contributed by atoms with Crippen molar-refractivity contribution in [3.8, 4) is 0 Å². The number of aryl methyl sites for hydroxylation is 1. The molecule has 0 bridgehead atoms. The lowest BCUT2D eigenvalue weighted by Crippen LogP contribution is -2.21. The summed E-state index contributed by atoms with van der Waals surface area (Å²) in [5, 5.41) is 9.99. The number of pyridine rings is 1. The summed E-state index contributed by atoms with van der Waals surface area (Å²) in [5.41, 5.74) is 3.49. The van der Waals surface area contributed by atoms with Crippen molar-refractivity contribution < 1.29 is 5.11 Å². The molecule has 1 aliphatic heterocycles. The van der Waals surface area contributed by atoms with E-state index >= 15 is 0 Å². The Balaban J connectivity index is 2.10. The van der Waals surface area contributed by atoms with Crippen molar-refractivity contribution in [2.45, 2.75) is 32.3 Å². The van der Waals surface area contributed by atoms with E-state index < -0.39 is 6.10 Å². The summed E-state index contributed by atoms with van der Waals surface area (Å²) >= 11 is 0. The Hall–Kier alpha value is -1.87. The fraction of sp³-hybridized carbons (Fsp3) is 0.353. The molecule has 3 nitrogen and oxygen atoms in total. The van der Waals surface area contributed by atoms with Crippen LogP contribution >= 0.6 is 0 Å². The molecule has 1 aromatic heterocycles. The third-order valence-corrected chi connectivity index (χ3v) is 3.88. The van der Waals surface area contributed by atoms with Gasteiger partial charge in [-0.05, 0) is 43.9 Å². The number of aliphatic hydroxyl groups is 1. The van der Waals surface area contributed by atoms with E-state index in [0.29, 0.717) is 0 Å². The molecule has 1 aliphatic rings. The van der Waals surface area contributed by atoms with Crippen molar-refractivity contribution in [1.82, 2.24) is 4.98 Å². The number of hydrogen-bond donors (Lipinski definition) is 1. The first-order valence-corrected chi connectivity index (χ1v) is 7.26. The van der Waals surface area contributed by atoms with Gasteiger partial charge in [-0.1, -0.05) is 24.3 Å². The number of benzene rings is 1. The van der Waals surface area contributed by atoms with E-state index in [0.717, 1.165) is 30.8 Å². The van der Waals surface area contributed by atoms with E-state index in [1.165, 1.54) is 17.7 Å². The number of hydrogen-bond acceptors (Lipinski definition) is 3. The first kappa shape index (κ1) is 13.1. The maximum absolute atomic E-state index is 9.99. The Morgan fingerprint density at radius 1 is 1.15 bits per heavy atom. The molecule has 0 fully saturated rings. The number of aromatic nitrogens is 1. The van der Waals surface area contributed by atoms with Crippen LogP contribution in [-0.2, 0) is 6.42 Å². The molecular formula is C17H20N2O. The molecule has 0 spiro atoms. The molecule has 1 atom stereocenters. The van der Waals surface area contributed by atoms with Gasteiger partial charge >= 0.3 is 0 Å². The van der Waals surface area contributed by atoms with Crippen molar-refractivity contribution in [3.63, 3.8) is 0 Å². The molecule has 2 heterocycles. The van der Waals surface area contributed by atoms with Crippen molar-refractivity contribution in [2.24, 2.45) is 0 Å². The standard InChI is InChI=1S/C17H20N2O/c1-13(20)15-9-6-11-18-17(15)19-12-5-4-8-14-7-2-3-10-16(14)19/h2-3,6-7,9-11,13,20H,4-5,8,12H2,1H3/t13-/m0/s1. The predicted molar refractivity (Wildman–Crippen MR) is 81.3 cm³/mol. The lowest BCUT2D eigenvalue weighted by Gasteiger charge is -2.26. The highest BCUT2D eigenvalue weighted by molar-refractivity contribution is 5.67. The second-order valence-corrected chi connectivity index (χ2v) is 5.33. The highest BCUT2D eigenvalue weighted by Crippen LogP contribution is 2.34. The first-order chi connectivity index (χ1) is 9.77. The molecule has 3 heteroatoms. The van der Waals surface area contributed by atoms with Gasteiger partial charge in [-0.2, -0.15) is 0 Å². The Kier molecular flexibility index (Phi) is 3.70. The molecule has 104 valence electrons. The van der Waals surface area contributed by atoms with Crippen LogP contribution in [-0.4, -0.2) is 16.6 Å². The molecule has 1 aromatic carbocycles. The Morgan fingerprint density at radius 3 is 2.85 bits per heavy atom. The third-order valence-electron chi connectivity index (χ3n) is 3.88. The number of nitrogens with zero attached hydrogens (tertiary/aromatic N) is 2. The monoisotopic (exact) mass is 268 g/mol. The van der Waals surface area contributed by atoms with Crippen molar-refractivity contribution in [1.29, 1.82) is 0 Å². The highest BCUT2D eigenvalue weighted by Gasteiger charge is 2.21. The molecular weight excluding hydrogens is 248 g/mol. The summed E-state index contributed by atoms with van der Waals surface area (Å²) in [5.74, 6) is 0.886. The van der Waals surface area contributed by atoms with Crippen LogP contribution in [0.5, 0.6) is 0 Å². The molecule has 2 aromatic rings.